The number of methoxy groups -OCH3 is 2. The lowest BCUT2D eigenvalue weighted by molar-refractivity contribution is -0.148. The monoisotopic (exact) mass is 351 g/mol. The van der Waals surface area contributed by atoms with E-state index in [4.69, 9.17) is 9.47 Å². The molecular weight excluding hydrogens is 325 g/mol. The molecule has 7 heteroatoms. The van der Waals surface area contributed by atoms with Gasteiger partial charge in [-0.1, -0.05) is 12.5 Å². The van der Waals surface area contributed by atoms with Crippen molar-refractivity contribution in [3.8, 4) is 5.75 Å². The van der Waals surface area contributed by atoms with Crippen molar-refractivity contribution in [2.75, 3.05) is 33.9 Å². The highest BCUT2D eigenvalue weighted by Gasteiger charge is 2.35. The third-order valence-electron chi connectivity index (χ3n) is 5.18. The second-order valence-electron chi connectivity index (χ2n) is 6.69. The van der Waals surface area contributed by atoms with Crippen molar-refractivity contribution in [1.82, 2.24) is 15.8 Å². The van der Waals surface area contributed by atoms with Gasteiger partial charge in [-0.05, 0) is 37.1 Å². The summed E-state index contributed by atoms with van der Waals surface area (Å²) < 4.78 is 24.0. The van der Waals surface area contributed by atoms with Gasteiger partial charge in [0.2, 0.25) is 0 Å². The molecule has 1 aromatic rings. The molecule has 0 amide bonds. The number of esters is 1. The minimum absolute atomic E-state index is 0.0133. The van der Waals surface area contributed by atoms with E-state index in [9.17, 15) is 9.18 Å². The molecule has 2 aliphatic rings. The Morgan fingerprint density at radius 1 is 1.36 bits per heavy atom. The number of ether oxygens (including phenoxy) is 2. The van der Waals surface area contributed by atoms with E-state index in [1.807, 2.05) is 6.07 Å². The fourth-order valence-corrected chi connectivity index (χ4v) is 3.85. The zero-order chi connectivity index (χ0) is 17.8. The molecule has 138 valence electrons. The smallest absolute Gasteiger partial charge is 0.323 e. The molecule has 3 rings (SSSR count). The predicted molar refractivity (Wildman–Crippen MR) is 91.5 cm³/mol. The van der Waals surface area contributed by atoms with E-state index in [1.165, 1.54) is 20.3 Å². The van der Waals surface area contributed by atoms with Crippen LogP contribution >= 0.6 is 0 Å². The first kappa shape index (κ1) is 18.1. The molecule has 2 N–H and O–H groups in total. The Labute approximate surface area is 147 Å². The topological polar surface area (TPSA) is 62.8 Å². The summed E-state index contributed by atoms with van der Waals surface area (Å²) in [6, 6.07) is 4.87. The Morgan fingerprint density at radius 3 is 2.92 bits per heavy atom. The number of nitrogens with zero attached hydrogens (tertiary/aromatic N) is 1. The van der Waals surface area contributed by atoms with Gasteiger partial charge in [0.1, 0.15) is 6.04 Å². The van der Waals surface area contributed by atoms with Gasteiger partial charge in [0.15, 0.2) is 11.6 Å². The summed E-state index contributed by atoms with van der Waals surface area (Å²) in [5.41, 5.74) is 7.28. The average Bonchev–Trinajstić information content (AvgIpc) is 3.09. The van der Waals surface area contributed by atoms with Crippen LogP contribution in [0.5, 0.6) is 5.75 Å². The fourth-order valence-electron chi connectivity index (χ4n) is 3.85. The highest BCUT2D eigenvalue weighted by molar-refractivity contribution is 5.75. The van der Waals surface area contributed by atoms with E-state index in [-0.39, 0.29) is 35.5 Å². The number of rotatable bonds is 5. The van der Waals surface area contributed by atoms with Crippen LogP contribution in [-0.4, -0.2) is 50.8 Å². The number of carbonyl (C=O) groups is 1. The van der Waals surface area contributed by atoms with Gasteiger partial charge in [-0.2, -0.15) is 0 Å². The molecule has 0 spiro atoms. The number of likely N-dealkylation sites (tertiary alicyclic amines) is 1. The molecule has 2 fully saturated rings. The number of benzene rings is 1. The molecule has 2 heterocycles. The number of halogens is 1. The summed E-state index contributed by atoms with van der Waals surface area (Å²) in [6.07, 6.45) is 2.97. The molecule has 0 aromatic heterocycles. The number of hydrogen-bond donors (Lipinski definition) is 2. The van der Waals surface area contributed by atoms with Crippen LogP contribution < -0.4 is 15.6 Å². The number of nitrogens with one attached hydrogen (secondary N) is 2. The van der Waals surface area contributed by atoms with Crippen molar-refractivity contribution in [1.29, 1.82) is 0 Å². The summed E-state index contributed by atoms with van der Waals surface area (Å²) in [5.74, 6) is -0.0467. The summed E-state index contributed by atoms with van der Waals surface area (Å²) in [7, 11) is 2.90. The predicted octanol–water partition coefficient (Wildman–Crippen LogP) is 1.63. The van der Waals surface area contributed by atoms with Gasteiger partial charge in [0.25, 0.3) is 0 Å². The van der Waals surface area contributed by atoms with Crippen molar-refractivity contribution < 1.29 is 18.7 Å². The Bertz CT molecular complexity index is 613. The van der Waals surface area contributed by atoms with E-state index in [1.54, 1.807) is 6.07 Å². The van der Waals surface area contributed by atoms with E-state index < -0.39 is 0 Å². The van der Waals surface area contributed by atoms with Crippen LogP contribution in [-0.2, 0) is 9.53 Å². The summed E-state index contributed by atoms with van der Waals surface area (Å²) in [4.78, 5) is 14.3. The highest BCUT2D eigenvalue weighted by atomic mass is 19.1. The molecule has 3 atom stereocenters. The van der Waals surface area contributed by atoms with Crippen LogP contribution in [0.2, 0.25) is 0 Å². The summed E-state index contributed by atoms with van der Waals surface area (Å²) in [6.45, 7) is 2.42. The van der Waals surface area contributed by atoms with Crippen LogP contribution in [0.25, 0.3) is 0 Å². The standard InChI is InChI=1S/C18H26FN3O3/c1-24-16-7-6-12(9-14(16)19)17-13(10-20-21-17)11-22-8-4-3-5-15(22)18(23)25-2/h6-7,9,13,15,17,20-21H,3-5,8,10-11H2,1-2H3. The quantitative estimate of drug-likeness (QED) is 0.786. The normalized spacial score (nSPS) is 27.2. The molecule has 3 unspecified atom stereocenters. The highest BCUT2D eigenvalue weighted by Crippen LogP contribution is 2.30. The van der Waals surface area contributed by atoms with Gasteiger partial charge in [-0.25, -0.2) is 9.82 Å². The number of carbonyl (C=O) groups excluding carboxylic acids is 1. The lowest BCUT2D eigenvalue weighted by atomic mass is 9.92. The molecule has 2 aliphatic heterocycles. The van der Waals surface area contributed by atoms with Crippen molar-refractivity contribution in [2.24, 2.45) is 5.92 Å². The lowest BCUT2D eigenvalue weighted by Crippen LogP contribution is -2.48. The van der Waals surface area contributed by atoms with E-state index in [0.717, 1.165) is 44.5 Å². The van der Waals surface area contributed by atoms with E-state index in [2.05, 4.69) is 15.8 Å². The zero-order valence-corrected chi connectivity index (χ0v) is 14.8. The zero-order valence-electron chi connectivity index (χ0n) is 14.8. The molecule has 0 saturated carbocycles. The molecule has 1 aromatic carbocycles. The number of hydrazine groups is 1. The van der Waals surface area contributed by atoms with Crippen LogP contribution in [0.3, 0.4) is 0 Å². The van der Waals surface area contributed by atoms with Gasteiger partial charge in [-0.3, -0.25) is 15.1 Å². The van der Waals surface area contributed by atoms with Gasteiger partial charge >= 0.3 is 5.97 Å². The van der Waals surface area contributed by atoms with E-state index >= 15 is 0 Å². The minimum Gasteiger partial charge on any atom is -0.494 e. The number of hydrogen-bond acceptors (Lipinski definition) is 6. The summed E-state index contributed by atoms with van der Waals surface area (Å²) in [5, 5.41) is 0. The van der Waals surface area contributed by atoms with Gasteiger partial charge in [0, 0.05) is 19.0 Å². The third-order valence-corrected chi connectivity index (χ3v) is 5.18. The van der Waals surface area contributed by atoms with Crippen LogP contribution in [0.4, 0.5) is 4.39 Å². The molecular formula is C18H26FN3O3. The molecule has 0 radical (unpaired) electrons. The van der Waals surface area contributed by atoms with Crippen LogP contribution in [0.1, 0.15) is 30.9 Å². The molecule has 0 aliphatic carbocycles. The first-order valence-electron chi connectivity index (χ1n) is 8.77. The Kier molecular flexibility index (Phi) is 5.88. The van der Waals surface area contributed by atoms with Crippen molar-refractivity contribution in [2.45, 2.75) is 31.3 Å². The Morgan fingerprint density at radius 2 is 2.20 bits per heavy atom. The lowest BCUT2D eigenvalue weighted by Gasteiger charge is -2.36. The van der Waals surface area contributed by atoms with E-state index in [0.29, 0.717) is 0 Å². The van der Waals surface area contributed by atoms with Gasteiger partial charge in [-0.15, -0.1) is 0 Å². The van der Waals surface area contributed by atoms with Gasteiger partial charge < -0.3 is 9.47 Å². The fraction of sp³-hybridized carbons (Fsp3) is 0.611. The molecule has 6 nitrogen and oxygen atoms in total. The SMILES string of the molecule is COC(=O)C1CCCCN1CC1CNNC1c1ccc(OC)c(F)c1. The van der Waals surface area contributed by atoms with Crippen LogP contribution in [0.15, 0.2) is 18.2 Å². The first-order chi connectivity index (χ1) is 12.1. The Hall–Kier alpha value is -1.70. The minimum atomic E-state index is -0.363. The van der Waals surface area contributed by atoms with Gasteiger partial charge in [0.05, 0.1) is 20.3 Å². The second kappa shape index (κ2) is 8.12. The number of piperidine rings is 1. The Balaban J connectivity index is 1.72. The average molecular weight is 351 g/mol. The largest absolute Gasteiger partial charge is 0.494 e. The van der Waals surface area contributed by atoms with Crippen LogP contribution in [0, 0.1) is 11.7 Å². The molecule has 25 heavy (non-hydrogen) atoms. The maximum atomic E-state index is 14.1. The maximum absolute atomic E-state index is 14.1. The summed E-state index contributed by atoms with van der Waals surface area (Å²) >= 11 is 0. The molecule has 0 bridgehead atoms. The third kappa shape index (κ3) is 3.94. The second-order valence-corrected chi connectivity index (χ2v) is 6.69. The van der Waals surface area contributed by atoms with Crippen molar-refractivity contribution in [3.05, 3.63) is 29.6 Å². The van der Waals surface area contributed by atoms with Crippen molar-refractivity contribution >= 4 is 5.97 Å². The van der Waals surface area contributed by atoms with Crippen molar-refractivity contribution in [3.63, 3.8) is 0 Å². The molecule has 2 saturated heterocycles. The first-order valence-corrected chi connectivity index (χ1v) is 8.77. The maximum Gasteiger partial charge on any atom is 0.323 e.